The second kappa shape index (κ2) is 4.87. The van der Waals surface area contributed by atoms with Crippen molar-refractivity contribution in [3.63, 3.8) is 0 Å². The number of nitrogens with zero attached hydrogens (tertiary/aromatic N) is 3. The summed E-state index contributed by atoms with van der Waals surface area (Å²) in [7, 11) is 2.83. The molecule has 0 saturated carbocycles. The Morgan fingerprint density at radius 1 is 1.33 bits per heavy atom. The Bertz CT molecular complexity index is 578. The molecule has 1 aromatic carbocycles. The number of benzene rings is 1. The predicted molar refractivity (Wildman–Crippen MR) is 64.0 cm³/mol. The van der Waals surface area contributed by atoms with Crippen LogP contribution in [0.15, 0.2) is 24.5 Å². The van der Waals surface area contributed by atoms with Crippen LogP contribution < -0.4 is 4.74 Å². The zero-order valence-electron chi connectivity index (χ0n) is 10.4. The fourth-order valence-electron chi connectivity index (χ4n) is 1.57. The highest BCUT2D eigenvalue weighted by molar-refractivity contribution is 5.92. The van der Waals surface area contributed by atoms with Crippen molar-refractivity contribution in [2.45, 2.75) is 6.92 Å². The van der Waals surface area contributed by atoms with Crippen molar-refractivity contribution in [2.24, 2.45) is 0 Å². The molecule has 1 aromatic heterocycles. The predicted octanol–water partition coefficient (Wildman–Crippen LogP) is 1.37. The van der Waals surface area contributed by atoms with Crippen molar-refractivity contribution in [2.75, 3.05) is 14.2 Å². The van der Waals surface area contributed by atoms with Crippen molar-refractivity contribution in [1.29, 1.82) is 0 Å². The van der Waals surface area contributed by atoms with Gasteiger partial charge in [-0.3, -0.25) is 0 Å². The molecule has 0 aliphatic carbocycles. The van der Waals surface area contributed by atoms with Crippen LogP contribution >= 0.6 is 0 Å². The van der Waals surface area contributed by atoms with Crippen LogP contribution in [0.3, 0.4) is 0 Å². The van der Waals surface area contributed by atoms with Crippen LogP contribution in [0.2, 0.25) is 0 Å². The molecule has 0 unspecified atom stereocenters. The monoisotopic (exact) mass is 247 g/mol. The summed E-state index contributed by atoms with van der Waals surface area (Å²) in [4.78, 5) is 15.5. The molecule has 6 nitrogen and oxygen atoms in total. The van der Waals surface area contributed by atoms with Crippen molar-refractivity contribution in [3.05, 3.63) is 35.9 Å². The van der Waals surface area contributed by atoms with Gasteiger partial charge in [0.1, 0.15) is 23.5 Å². The van der Waals surface area contributed by atoms with Gasteiger partial charge in [-0.05, 0) is 19.1 Å². The van der Waals surface area contributed by atoms with Gasteiger partial charge in [0, 0.05) is 6.07 Å². The maximum Gasteiger partial charge on any atom is 0.341 e. The molecule has 1 heterocycles. The van der Waals surface area contributed by atoms with Crippen LogP contribution in [0.4, 0.5) is 0 Å². The topological polar surface area (TPSA) is 66.2 Å². The first-order valence-electron chi connectivity index (χ1n) is 5.30. The number of aromatic nitrogens is 3. The van der Waals surface area contributed by atoms with E-state index in [1.165, 1.54) is 14.2 Å². The third-order valence-electron chi connectivity index (χ3n) is 2.46. The molecule has 0 radical (unpaired) electrons. The number of aryl methyl sites for hydroxylation is 1. The molecule has 0 atom stereocenters. The van der Waals surface area contributed by atoms with Crippen LogP contribution in [0.25, 0.3) is 5.69 Å². The molecular weight excluding hydrogens is 234 g/mol. The SMILES string of the molecule is COC(=O)c1ccc(-n2cnc(C)n2)cc1OC. The van der Waals surface area contributed by atoms with E-state index in [1.54, 1.807) is 36.1 Å². The molecule has 0 saturated heterocycles. The Labute approximate surface area is 104 Å². The Balaban J connectivity index is 2.44. The second-order valence-electron chi connectivity index (χ2n) is 3.61. The number of hydrogen-bond acceptors (Lipinski definition) is 5. The van der Waals surface area contributed by atoms with Gasteiger partial charge in [-0.25, -0.2) is 14.5 Å². The number of carbonyl (C=O) groups excluding carboxylic acids is 1. The van der Waals surface area contributed by atoms with Gasteiger partial charge < -0.3 is 9.47 Å². The lowest BCUT2D eigenvalue weighted by Crippen LogP contribution is -2.05. The van der Waals surface area contributed by atoms with Crippen LogP contribution in [0, 0.1) is 6.92 Å². The summed E-state index contributed by atoms with van der Waals surface area (Å²) in [6, 6.07) is 5.10. The van der Waals surface area contributed by atoms with Gasteiger partial charge in [0.25, 0.3) is 0 Å². The molecule has 0 aliphatic heterocycles. The molecule has 2 aromatic rings. The Morgan fingerprint density at radius 2 is 2.11 bits per heavy atom. The Hall–Kier alpha value is -2.37. The van der Waals surface area contributed by atoms with E-state index < -0.39 is 5.97 Å². The minimum absolute atomic E-state index is 0.376. The van der Waals surface area contributed by atoms with Gasteiger partial charge in [0.05, 0.1) is 19.9 Å². The molecule has 0 spiro atoms. The fourth-order valence-corrected chi connectivity index (χ4v) is 1.57. The first-order chi connectivity index (χ1) is 8.65. The summed E-state index contributed by atoms with van der Waals surface area (Å²) in [5.41, 5.74) is 1.14. The summed E-state index contributed by atoms with van der Waals surface area (Å²) in [5.74, 6) is 0.673. The fraction of sp³-hybridized carbons (Fsp3) is 0.250. The van der Waals surface area contributed by atoms with E-state index in [2.05, 4.69) is 14.8 Å². The van der Waals surface area contributed by atoms with Crippen molar-refractivity contribution < 1.29 is 14.3 Å². The normalized spacial score (nSPS) is 10.2. The van der Waals surface area contributed by atoms with Crippen LogP contribution in [-0.4, -0.2) is 35.0 Å². The minimum atomic E-state index is -0.437. The number of hydrogen-bond donors (Lipinski definition) is 0. The van der Waals surface area contributed by atoms with Gasteiger partial charge in [-0.15, -0.1) is 0 Å². The van der Waals surface area contributed by atoms with E-state index in [9.17, 15) is 4.79 Å². The minimum Gasteiger partial charge on any atom is -0.496 e. The summed E-state index contributed by atoms with van der Waals surface area (Å²) < 4.78 is 11.5. The lowest BCUT2D eigenvalue weighted by Gasteiger charge is -2.08. The summed E-state index contributed by atoms with van der Waals surface area (Å²) in [6.45, 7) is 1.80. The quantitative estimate of drug-likeness (QED) is 0.766. The second-order valence-corrected chi connectivity index (χ2v) is 3.61. The zero-order chi connectivity index (χ0) is 13.1. The maximum absolute atomic E-state index is 11.5. The molecule has 0 fully saturated rings. The zero-order valence-corrected chi connectivity index (χ0v) is 10.4. The highest BCUT2D eigenvalue weighted by Crippen LogP contribution is 2.22. The van der Waals surface area contributed by atoms with E-state index >= 15 is 0 Å². The lowest BCUT2D eigenvalue weighted by atomic mass is 10.2. The first-order valence-corrected chi connectivity index (χ1v) is 5.30. The average molecular weight is 247 g/mol. The molecule has 18 heavy (non-hydrogen) atoms. The molecule has 94 valence electrons. The molecule has 0 aliphatic rings. The molecule has 2 rings (SSSR count). The van der Waals surface area contributed by atoms with Crippen molar-refractivity contribution in [1.82, 2.24) is 14.8 Å². The van der Waals surface area contributed by atoms with Crippen LogP contribution in [0.1, 0.15) is 16.2 Å². The van der Waals surface area contributed by atoms with Gasteiger partial charge in [0.15, 0.2) is 0 Å². The Morgan fingerprint density at radius 3 is 2.67 bits per heavy atom. The van der Waals surface area contributed by atoms with E-state index in [-0.39, 0.29) is 0 Å². The largest absolute Gasteiger partial charge is 0.496 e. The maximum atomic E-state index is 11.5. The number of rotatable bonds is 3. The smallest absolute Gasteiger partial charge is 0.341 e. The van der Waals surface area contributed by atoms with Gasteiger partial charge in [0.2, 0.25) is 0 Å². The van der Waals surface area contributed by atoms with E-state index in [0.717, 1.165) is 5.69 Å². The molecular formula is C12H13N3O3. The first kappa shape index (κ1) is 12.1. The summed E-state index contributed by atoms with van der Waals surface area (Å²) >= 11 is 0. The highest BCUT2D eigenvalue weighted by Gasteiger charge is 2.13. The van der Waals surface area contributed by atoms with Gasteiger partial charge in [-0.1, -0.05) is 0 Å². The molecule has 0 bridgehead atoms. The Kier molecular flexibility index (Phi) is 3.27. The number of methoxy groups -OCH3 is 2. The molecule has 0 N–H and O–H groups in total. The van der Waals surface area contributed by atoms with Crippen molar-refractivity contribution in [3.8, 4) is 11.4 Å². The van der Waals surface area contributed by atoms with Gasteiger partial charge >= 0.3 is 5.97 Å². The van der Waals surface area contributed by atoms with E-state index in [4.69, 9.17) is 4.74 Å². The lowest BCUT2D eigenvalue weighted by molar-refractivity contribution is 0.0597. The highest BCUT2D eigenvalue weighted by atomic mass is 16.5. The van der Waals surface area contributed by atoms with Gasteiger partial charge in [-0.2, -0.15) is 5.10 Å². The summed E-state index contributed by atoms with van der Waals surface area (Å²) in [6.07, 6.45) is 1.60. The summed E-state index contributed by atoms with van der Waals surface area (Å²) in [5, 5.41) is 4.18. The third-order valence-corrected chi connectivity index (χ3v) is 2.46. The standard InChI is InChI=1S/C12H13N3O3/c1-8-13-7-15(14-8)9-4-5-10(12(16)18-3)11(6-9)17-2/h4-7H,1-3H3. The molecule has 6 heteroatoms. The number of ether oxygens (including phenoxy) is 2. The van der Waals surface area contributed by atoms with Crippen molar-refractivity contribution >= 4 is 5.97 Å². The van der Waals surface area contributed by atoms with E-state index in [1.807, 2.05) is 0 Å². The number of carbonyl (C=O) groups is 1. The van der Waals surface area contributed by atoms with E-state index in [0.29, 0.717) is 17.1 Å². The number of esters is 1. The molecule has 0 amide bonds. The van der Waals surface area contributed by atoms with Crippen LogP contribution in [0.5, 0.6) is 5.75 Å². The van der Waals surface area contributed by atoms with Crippen LogP contribution in [-0.2, 0) is 4.74 Å². The average Bonchev–Trinajstić information content (AvgIpc) is 2.83. The third kappa shape index (κ3) is 2.17.